The van der Waals surface area contributed by atoms with E-state index in [1.165, 1.54) is 6.33 Å². The maximum absolute atomic E-state index is 12.0. The van der Waals surface area contributed by atoms with Crippen molar-refractivity contribution in [1.82, 2.24) is 14.5 Å². The minimum absolute atomic E-state index is 0.226. The summed E-state index contributed by atoms with van der Waals surface area (Å²) in [4.78, 5) is 18.8. The maximum Gasteiger partial charge on any atom is 0.275 e. The summed E-state index contributed by atoms with van der Waals surface area (Å²) in [7, 11) is 0. The molecule has 3 rings (SSSR count). The van der Waals surface area contributed by atoms with E-state index in [0.717, 1.165) is 11.3 Å². The highest BCUT2D eigenvalue weighted by atomic mass is 16.1. The number of rotatable bonds is 2. The second-order valence-corrected chi connectivity index (χ2v) is 4.37. The van der Waals surface area contributed by atoms with Gasteiger partial charge >= 0.3 is 0 Å². The molecule has 2 aromatic heterocycles. The molecule has 0 amide bonds. The van der Waals surface area contributed by atoms with Crippen molar-refractivity contribution in [2.24, 2.45) is 0 Å². The van der Waals surface area contributed by atoms with Crippen LogP contribution in [0.15, 0.2) is 41.5 Å². The highest BCUT2D eigenvalue weighted by molar-refractivity contribution is 5.91. The van der Waals surface area contributed by atoms with Crippen LogP contribution in [-0.4, -0.2) is 14.5 Å². The van der Waals surface area contributed by atoms with Gasteiger partial charge in [0, 0.05) is 6.54 Å². The highest BCUT2D eigenvalue weighted by Crippen LogP contribution is 2.30. The Kier molecular flexibility index (Phi) is 2.84. The average molecular weight is 264 g/mol. The van der Waals surface area contributed by atoms with Gasteiger partial charge in [0.1, 0.15) is 22.7 Å². The fraction of sp³-hybridized carbons (Fsp3) is 0.133. The summed E-state index contributed by atoms with van der Waals surface area (Å²) in [5.74, 6) is 0. The molecular formula is C15H12N4O. The zero-order valence-corrected chi connectivity index (χ0v) is 10.9. The zero-order valence-electron chi connectivity index (χ0n) is 10.9. The molecule has 0 atom stereocenters. The van der Waals surface area contributed by atoms with E-state index in [9.17, 15) is 10.1 Å². The van der Waals surface area contributed by atoms with E-state index in [1.54, 1.807) is 0 Å². The van der Waals surface area contributed by atoms with E-state index < -0.39 is 0 Å². The van der Waals surface area contributed by atoms with Gasteiger partial charge in [-0.2, -0.15) is 5.26 Å². The number of hydrogen-bond donors (Lipinski definition) is 1. The Morgan fingerprint density at radius 1 is 1.35 bits per heavy atom. The molecule has 0 saturated heterocycles. The Hall–Kier alpha value is -2.87. The monoisotopic (exact) mass is 264 g/mol. The summed E-state index contributed by atoms with van der Waals surface area (Å²) >= 11 is 0. The second kappa shape index (κ2) is 4.67. The van der Waals surface area contributed by atoms with Gasteiger partial charge in [0.15, 0.2) is 0 Å². The Morgan fingerprint density at radius 2 is 2.10 bits per heavy atom. The van der Waals surface area contributed by atoms with Crippen molar-refractivity contribution in [2.45, 2.75) is 13.5 Å². The summed E-state index contributed by atoms with van der Waals surface area (Å²) in [6, 6.07) is 11.8. The van der Waals surface area contributed by atoms with E-state index in [1.807, 2.05) is 41.8 Å². The molecule has 3 aromatic rings. The molecule has 5 nitrogen and oxygen atoms in total. The molecule has 0 radical (unpaired) electrons. The van der Waals surface area contributed by atoms with Crippen LogP contribution in [0.2, 0.25) is 0 Å². The normalized spacial score (nSPS) is 10.6. The summed E-state index contributed by atoms with van der Waals surface area (Å²) in [5, 5.41) is 9.46. The Balaban J connectivity index is 2.52. The van der Waals surface area contributed by atoms with E-state index in [4.69, 9.17) is 0 Å². The van der Waals surface area contributed by atoms with Crippen molar-refractivity contribution in [2.75, 3.05) is 0 Å². The molecule has 98 valence electrons. The first-order valence-corrected chi connectivity index (χ1v) is 6.33. The Labute approximate surface area is 115 Å². The van der Waals surface area contributed by atoms with Gasteiger partial charge < -0.3 is 9.55 Å². The Bertz CT molecular complexity index is 869. The van der Waals surface area contributed by atoms with Crippen LogP contribution in [0.1, 0.15) is 12.5 Å². The molecular weight excluding hydrogens is 252 g/mol. The number of nitriles is 1. The predicted octanol–water partition coefficient (Wildman–Crippen LogP) is 2.28. The number of fused-ring (bicyclic) bond motifs is 1. The lowest BCUT2D eigenvalue weighted by atomic mass is 10.1. The smallest absolute Gasteiger partial charge is 0.275 e. The van der Waals surface area contributed by atoms with Crippen LogP contribution in [0.25, 0.3) is 22.3 Å². The van der Waals surface area contributed by atoms with Crippen molar-refractivity contribution >= 4 is 11.0 Å². The number of aryl methyl sites for hydroxylation is 1. The Morgan fingerprint density at radius 3 is 2.75 bits per heavy atom. The van der Waals surface area contributed by atoms with Gasteiger partial charge in [0.2, 0.25) is 0 Å². The van der Waals surface area contributed by atoms with Gasteiger partial charge in [-0.15, -0.1) is 0 Å². The number of aromatic nitrogens is 3. The van der Waals surface area contributed by atoms with Gasteiger partial charge in [0.25, 0.3) is 5.56 Å². The first-order valence-electron chi connectivity index (χ1n) is 6.33. The fourth-order valence-corrected chi connectivity index (χ4v) is 2.50. The number of hydrogen-bond acceptors (Lipinski definition) is 3. The van der Waals surface area contributed by atoms with E-state index >= 15 is 0 Å². The first kappa shape index (κ1) is 12.2. The summed E-state index contributed by atoms with van der Waals surface area (Å²) in [5.41, 5.74) is 2.77. The van der Waals surface area contributed by atoms with Gasteiger partial charge in [-0.3, -0.25) is 4.79 Å². The van der Waals surface area contributed by atoms with Crippen LogP contribution in [0.3, 0.4) is 0 Å². The molecule has 0 spiro atoms. The van der Waals surface area contributed by atoms with Crippen LogP contribution in [0, 0.1) is 11.3 Å². The maximum atomic E-state index is 12.0. The lowest BCUT2D eigenvalue weighted by molar-refractivity contribution is 0.799. The van der Waals surface area contributed by atoms with Crippen LogP contribution in [-0.2, 0) is 6.54 Å². The van der Waals surface area contributed by atoms with Crippen LogP contribution < -0.4 is 5.56 Å². The van der Waals surface area contributed by atoms with Gasteiger partial charge in [0.05, 0.1) is 12.0 Å². The highest BCUT2D eigenvalue weighted by Gasteiger charge is 2.20. The minimum atomic E-state index is -0.226. The van der Waals surface area contributed by atoms with Gasteiger partial charge in [-0.25, -0.2) is 4.98 Å². The van der Waals surface area contributed by atoms with Crippen LogP contribution in [0.4, 0.5) is 0 Å². The number of nitrogens with zero attached hydrogens (tertiary/aromatic N) is 3. The van der Waals surface area contributed by atoms with Crippen molar-refractivity contribution in [3.8, 4) is 17.3 Å². The zero-order chi connectivity index (χ0) is 14.1. The molecule has 0 unspecified atom stereocenters. The standard InChI is InChI=1S/C15H12N4O/c1-2-19-13(10-6-4-3-5-7-10)11(8-16)12-14(19)15(20)18-9-17-12/h3-7,9H,2H2,1H3,(H,17,18,20). The lowest BCUT2D eigenvalue weighted by Crippen LogP contribution is -2.11. The molecule has 5 heteroatoms. The van der Waals surface area contributed by atoms with E-state index in [-0.39, 0.29) is 5.56 Å². The third-order valence-corrected chi connectivity index (χ3v) is 3.32. The largest absolute Gasteiger partial charge is 0.334 e. The summed E-state index contributed by atoms with van der Waals surface area (Å²) < 4.78 is 1.84. The molecule has 20 heavy (non-hydrogen) atoms. The molecule has 1 aromatic carbocycles. The molecule has 0 fully saturated rings. The van der Waals surface area contributed by atoms with Crippen molar-refractivity contribution in [3.63, 3.8) is 0 Å². The van der Waals surface area contributed by atoms with Crippen molar-refractivity contribution in [3.05, 3.63) is 52.6 Å². The lowest BCUT2D eigenvalue weighted by Gasteiger charge is -2.07. The minimum Gasteiger partial charge on any atom is -0.334 e. The molecule has 0 aliphatic carbocycles. The molecule has 1 N–H and O–H groups in total. The third kappa shape index (κ3) is 1.62. The molecule has 0 aliphatic rings. The van der Waals surface area contributed by atoms with Crippen LogP contribution >= 0.6 is 0 Å². The second-order valence-electron chi connectivity index (χ2n) is 4.37. The van der Waals surface area contributed by atoms with Crippen molar-refractivity contribution < 1.29 is 0 Å². The average Bonchev–Trinajstić information content (AvgIpc) is 2.83. The molecule has 0 aliphatic heterocycles. The van der Waals surface area contributed by atoms with Crippen LogP contribution in [0.5, 0.6) is 0 Å². The van der Waals surface area contributed by atoms with E-state index in [2.05, 4.69) is 16.0 Å². The molecule has 0 bridgehead atoms. The van der Waals surface area contributed by atoms with E-state index in [0.29, 0.717) is 23.1 Å². The quantitative estimate of drug-likeness (QED) is 0.771. The molecule has 0 saturated carbocycles. The van der Waals surface area contributed by atoms with Gasteiger partial charge in [-0.05, 0) is 12.5 Å². The first-order chi connectivity index (χ1) is 9.77. The fourth-order valence-electron chi connectivity index (χ4n) is 2.50. The number of aromatic amines is 1. The number of benzene rings is 1. The summed E-state index contributed by atoms with van der Waals surface area (Å²) in [6.45, 7) is 2.54. The number of H-pyrrole nitrogens is 1. The predicted molar refractivity (Wildman–Crippen MR) is 76.2 cm³/mol. The van der Waals surface area contributed by atoms with Crippen molar-refractivity contribution in [1.29, 1.82) is 5.26 Å². The third-order valence-electron chi connectivity index (χ3n) is 3.32. The molecule has 2 heterocycles. The van der Waals surface area contributed by atoms with Gasteiger partial charge in [-0.1, -0.05) is 30.3 Å². The number of nitrogens with one attached hydrogen (secondary N) is 1. The summed E-state index contributed by atoms with van der Waals surface area (Å²) in [6.07, 6.45) is 1.33. The topological polar surface area (TPSA) is 74.5 Å². The SMILES string of the molecule is CCn1c(-c2ccccc2)c(C#N)c2nc[nH]c(=O)c21.